The Kier molecular flexibility index (Phi) is 7.87. The van der Waals surface area contributed by atoms with Gasteiger partial charge in [0.05, 0.1) is 35.3 Å². The second kappa shape index (κ2) is 10.3. The van der Waals surface area contributed by atoms with Crippen LogP contribution >= 0.6 is 11.6 Å². The van der Waals surface area contributed by atoms with Crippen molar-refractivity contribution in [2.75, 3.05) is 42.3 Å². The van der Waals surface area contributed by atoms with Gasteiger partial charge < -0.3 is 20.3 Å². The number of ether oxygens (including phenoxy) is 1. The fourth-order valence-corrected chi connectivity index (χ4v) is 4.02. The maximum Gasteiger partial charge on any atom is 0.417 e. The molecule has 1 fully saturated rings. The van der Waals surface area contributed by atoms with Gasteiger partial charge >= 0.3 is 12.4 Å². The summed E-state index contributed by atoms with van der Waals surface area (Å²) < 4.78 is 84.6. The summed E-state index contributed by atoms with van der Waals surface area (Å²) in [7, 11) is 1.51. The lowest BCUT2D eigenvalue weighted by atomic mass is 10.1. The molecule has 2 aromatic carbocycles. The van der Waals surface area contributed by atoms with Gasteiger partial charge in [-0.1, -0.05) is 11.6 Å². The number of halogens is 7. The van der Waals surface area contributed by atoms with Crippen LogP contribution in [0, 0.1) is 0 Å². The van der Waals surface area contributed by atoms with Gasteiger partial charge in [-0.3, -0.25) is 4.79 Å². The molecule has 0 saturated carbocycles. The Bertz CT molecular complexity index is 1030. The van der Waals surface area contributed by atoms with Crippen molar-refractivity contribution in [1.29, 1.82) is 0 Å². The smallest absolute Gasteiger partial charge is 0.383 e. The molecular weight excluding hydrogens is 488 g/mol. The molecule has 186 valence electrons. The maximum absolute atomic E-state index is 13.5. The van der Waals surface area contributed by atoms with Crippen LogP contribution < -0.4 is 15.5 Å². The first-order chi connectivity index (χ1) is 15.9. The van der Waals surface area contributed by atoms with Crippen LogP contribution in [0.25, 0.3) is 0 Å². The molecule has 0 spiro atoms. The number of carbonyl (C=O) groups is 1. The highest BCUT2D eigenvalue weighted by atomic mass is 35.5. The van der Waals surface area contributed by atoms with Crippen molar-refractivity contribution in [2.45, 2.75) is 31.2 Å². The molecule has 1 saturated heterocycles. The van der Waals surface area contributed by atoms with Gasteiger partial charge in [0.2, 0.25) is 5.91 Å². The number of nitrogens with one attached hydrogen (secondary N) is 2. The highest BCUT2D eigenvalue weighted by Crippen LogP contribution is 2.37. The molecule has 1 aliphatic rings. The van der Waals surface area contributed by atoms with Crippen molar-refractivity contribution in [3.63, 3.8) is 0 Å². The first kappa shape index (κ1) is 26.0. The third kappa shape index (κ3) is 6.47. The van der Waals surface area contributed by atoms with Crippen LogP contribution in [-0.4, -0.2) is 38.8 Å². The van der Waals surface area contributed by atoms with Crippen LogP contribution in [0.4, 0.5) is 43.4 Å². The average Bonchev–Trinajstić information content (AvgIpc) is 3.20. The number of methoxy groups -OCH3 is 1. The minimum Gasteiger partial charge on any atom is -0.383 e. The minimum atomic E-state index is -4.68. The van der Waals surface area contributed by atoms with Gasteiger partial charge in [0.25, 0.3) is 0 Å². The quantitative estimate of drug-likeness (QED) is 0.447. The Labute approximate surface area is 197 Å². The second-order valence-corrected chi connectivity index (χ2v) is 8.21. The first-order valence-corrected chi connectivity index (χ1v) is 10.6. The fourth-order valence-electron chi connectivity index (χ4n) is 3.79. The van der Waals surface area contributed by atoms with Crippen LogP contribution in [0.2, 0.25) is 5.02 Å². The zero-order chi connectivity index (χ0) is 25.1. The van der Waals surface area contributed by atoms with E-state index in [1.165, 1.54) is 19.2 Å². The molecule has 34 heavy (non-hydrogen) atoms. The standard InChI is InChI=1S/C22H22ClF6N3O2/c1-34-12-16-3-2-6-32(16)17-8-13(21(24,25)26)7-15(9-17)31-20(33)11-30-14-4-5-19(23)18(10-14)22(27,28)29/h4-5,7-10,16,30H,2-3,6,11-12H2,1H3,(H,31,33). The second-order valence-electron chi connectivity index (χ2n) is 7.81. The highest BCUT2D eigenvalue weighted by Gasteiger charge is 2.34. The number of hydrogen-bond acceptors (Lipinski definition) is 4. The minimum absolute atomic E-state index is 0.0175. The topological polar surface area (TPSA) is 53.6 Å². The molecule has 0 bridgehead atoms. The van der Waals surface area contributed by atoms with Crippen LogP contribution in [0.1, 0.15) is 24.0 Å². The molecule has 5 nitrogen and oxygen atoms in total. The molecule has 1 unspecified atom stereocenters. The van der Waals surface area contributed by atoms with Crippen molar-refractivity contribution in [2.24, 2.45) is 0 Å². The van der Waals surface area contributed by atoms with Crippen molar-refractivity contribution in [1.82, 2.24) is 0 Å². The Hall–Kier alpha value is -2.66. The number of alkyl halides is 6. The van der Waals surface area contributed by atoms with Crippen molar-refractivity contribution in [3.05, 3.63) is 52.5 Å². The Morgan fingerprint density at radius 3 is 2.47 bits per heavy atom. The summed E-state index contributed by atoms with van der Waals surface area (Å²) >= 11 is 5.57. The monoisotopic (exact) mass is 509 g/mol. The van der Waals surface area contributed by atoms with E-state index in [-0.39, 0.29) is 17.4 Å². The molecule has 2 aromatic rings. The lowest BCUT2D eigenvalue weighted by Crippen LogP contribution is -2.33. The molecule has 0 aromatic heterocycles. The van der Waals surface area contributed by atoms with Gasteiger partial charge in [-0.2, -0.15) is 26.3 Å². The number of amides is 1. The van der Waals surface area contributed by atoms with E-state index in [9.17, 15) is 31.1 Å². The summed E-state index contributed by atoms with van der Waals surface area (Å²) in [5, 5.41) is 4.41. The normalized spacial score (nSPS) is 16.6. The Balaban J connectivity index is 1.76. The molecule has 0 radical (unpaired) electrons. The van der Waals surface area contributed by atoms with E-state index < -0.39 is 41.0 Å². The number of nitrogens with zero attached hydrogens (tertiary/aromatic N) is 1. The van der Waals surface area contributed by atoms with Gasteiger partial charge in [0.15, 0.2) is 0 Å². The zero-order valence-electron chi connectivity index (χ0n) is 18.0. The van der Waals surface area contributed by atoms with Gasteiger partial charge in [-0.15, -0.1) is 0 Å². The number of rotatable bonds is 7. The summed E-state index contributed by atoms with van der Waals surface area (Å²) in [4.78, 5) is 14.2. The van der Waals surface area contributed by atoms with E-state index in [0.717, 1.165) is 37.1 Å². The molecule has 1 aliphatic heterocycles. The zero-order valence-corrected chi connectivity index (χ0v) is 18.7. The summed E-state index contributed by atoms with van der Waals surface area (Å²) in [5.74, 6) is -0.733. The lowest BCUT2D eigenvalue weighted by Gasteiger charge is -2.27. The highest BCUT2D eigenvalue weighted by molar-refractivity contribution is 6.31. The largest absolute Gasteiger partial charge is 0.417 e. The molecular formula is C22H22ClF6N3O2. The average molecular weight is 510 g/mol. The van der Waals surface area contributed by atoms with E-state index in [0.29, 0.717) is 18.8 Å². The molecule has 0 aliphatic carbocycles. The third-order valence-corrected chi connectivity index (χ3v) is 5.65. The predicted octanol–water partition coefficient (Wildman–Crippen LogP) is 6.04. The van der Waals surface area contributed by atoms with Crippen LogP contribution in [0.3, 0.4) is 0 Å². The van der Waals surface area contributed by atoms with Gasteiger partial charge in [0, 0.05) is 30.7 Å². The third-order valence-electron chi connectivity index (χ3n) is 5.32. The van der Waals surface area contributed by atoms with Crippen molar-refractivity contribution in [3.8, 4) is 0 Å². The molecule has 1 heterocycles. The Morgan fingerprint density at radius 1 is 1.09 bits per heavy atom. The van der Waals surface area contributed by atoms with E-state index in [1.807, 2.05) is 0 Å². The van der Waals surface area contributed by atoms with E-state index >= 15 is 0 Å². The first-order valence-electron chi connectivity index (χ1n) is 10.3. The van der Waals surface area contributed by atoms with Gasteiger partial charge in [-0.05, 0) is 49.2 Å². The lowest BCUT2D eigenvalue weighted by molar-refractivity contribution is -0.138. The summed E-state index contributed by atoms with van der Waals surface area (Å²) in [6.45, 7) is 0.422. The van der Waals surface area contributed by atoms with E-state index in [1.54, 1.807) is 4.90 Å². The molecule has 1 amide bonds. The summed E-state index contributed by atoms with van der Waals surface area (Å²) in [6, 6.07) is 6.23. The van der Waals surface area contributed by atoms with Gasteiger partial charge in [-0.25, -0.2) is 0 Å². The van der Waals surface area contributed by atoms with Gasteiger partial charge in [0.1, 0.15) is 0 Å². The number of carbonyl (C=O) groups excluding carboxylic acids is 1. The molecule has 12 heteroatoms. The summed E-state index contributed by atoms with van der Waals surface area (Å²) in [5.41, 5.74) is -1.80. The van der Waals surface area contributed by atoms with E-state index in [2.05, 4.69) is 10.6 Å². The van der Waals surface area contributed by atoms with Crippen LogP contribution in [-0.2, 0) is 21.9 Å². The van der Waals surface area contributed by atoms with Crippen molar-refractivity contribution >= 4 is 34.6 Å². The van der Waals surface area contributed by atoms with E-state index in [4.69, 9.17) is 16.3 Å². The summed E-state index contributed by atoms with van der Waals surface area (Å²) in [6.07, 6.45) is -7.77. The molecule has 1 atom stereocenters. The number of benzene rings is 2. The fraction of sp³-hybridized carbons (Fsp3) is 0.409. The number of hydrogen-bond donors (Lipinski definition) is 2. The molecule has 2 N–H and O–H groups in total. The van der Waals surface area contributed by atoms with Crippen molar-refractivity contribution < 1.29 is 35.9 Å². The van der Waals surface area contributed by atoms with Crippen LogP contribution in [0.15, 0.2) is 36.4 Å². The molecule has 3 rings (SSSR count). The number of anilines is 3. The Morgan fingerprint density at radius 2 is 1.82 bits per heavy atom. The maximum atomic E-state index is 13.5. The SMILES string of the molecule is COCC1CCCN1c1cc(NC(=O)CNc2ccc(Cl)c(C(F)(F)F)c2)cc(C(F)(F)F)c1. The predicted molar refractivity (Wildman–Crippen MR) is 117 cm³/mol. The van der Waals surface area contributed by atoms with Crippen LogP contribution in [0.5, 0.6) is 0 Å².